The van der Waals surface area contributed by atoms with E-state index in [9.17, 15) is 14.7 Å². The molecular weight excluding hydrogens is 490 g/mol. The van der Waals surface area contributed by atoms with Crippen LogP contribution in [0.15, 0.2) is 109 Å². The topological polar surface area (TPSA) is 92.9 Å². The molecule has 0 aliphatic heterocycles. The summed E-state index contributed by atoms with van der Waals surface area (Å²) in [7, 11) is 0. The van der Waals surface area contributed by atoms with Crippen LogP contribution in [-0.4, -0.2) is 32.4 Å². The molecule has 0 radical (unpaired) electrons. The van der Waals surface area contributed by atoms with Gasteiger partial charge in [-0.1, -0.05) is 84.9 Å². The Morgan fingerprint density at radius 1 is 0.821 bits per heavy atom. The number of aromatic nitrogens is 2. The van der Waals surface area contributed by atoms with Crippen molar-refractivity contribution < 1.29 is 19.4 Å². The van der Waals surface area contributed by atoms with Gasteiger partial charge < -0.3 is 19.6 Å². The highest BCUT2D eigenvalue weighted by atomic mass is 16.5. The molecule has 194 valence electrons. The van der Waals surface area contributed by atoms with E-state index < -0.39 is 17.9 Å². The molecule has 5 aromatic rings. The summed E-state index contributed by atoms with van der Waals surface area (Å²) in [6.07, 6.45) is 7.58. The van der Waals surface area contributed by atoms with E-state index in [1.165, 1.54) is 0 Å². The predicted molar refractivity (Wildman–Crippen MR) is 150 cm³/mol. The zero-order valence-corrected chi connectivity index (χ0v) is 21.1. The maximum atomic E-state index is 12.9. The molecule has 0 saturated heterocycles. The molecule has 39 heavy (non-hydrogen) atoms. The van der Waals surface area contributed by atoms with E-state index in [0.29, 0.717) is 18.0 Å². The van der Waals surface area contributed by atoms with Crippen LogP contribution in [0.25, 0.3) is 17.8 Å². The van der Waals surface area contributed by atoms with E-state index in [2.05, 4.69) is 10.3 Å². The van der Waals surface area contributed by atoms with Crippen LogP contribution in [-0.2, 0) is 17.8 Å². The molecule has 3 aromatic carbocycles. The van der Waals surface area contributed by atoms with E-state index in [4.69, 9.17) is 4.74 Å². The van der Waals surface area contributed by atoms with E-state index in [1.54, 1.807) is 34.9 Å². The zero-order valence-electron chi connectivity index (χ0n) is 21.1. The fourth-order valence-electron chi connectivity index (χ4n) is 4.10. The first kappa shape index (κ1) is 25.5. The van der Waals surface area contributed by atoms with Gasteiger partial charge in [0.2, 0.25) is 0 Å². The fourth-order valence-corrected chi connectivity index (χ4v) is 4.10. The Morgan fingerprint density at radius 3 is 2.23 bits per heavy atom. The molecule has 7 nitrogen and oxygen atoms in total. The normalized spacial score (nSPS) is 11.9. The van der Waals surface area contributed by atoms with Crippen molar-refractivity contribution in [1.82, 2.24) is 14.7 Å². The molecule has 0 spiro atoms. The lowest BCUT2D eigenvalue weighted by Crippen LogP contribution is -2.42. The Labute approximate surface area is 226 Å². The van der Waals surface area contributed by atoms with E-state index in [-0.39, 0.29) is 12.1 Å². The highest BCUT2D eigenvalue weighted by molar-refractivity contribution is 5.95. The van der Waals surface area contributed by atoms with Crippen LogP contribution >= 0.6 is 0 Å². The molecule has 0 fully saturated rings. The Bertz CT molecular complexity index is 1590. The molecule has 0 unspecified atom stereocenters. The Hall–Kier alpha value is -5.17. The summed E-state index contributed by atoms with van der Waals surface area (Å²) < 4.78 is 7.55. The van der Waals surface area contributed by atoms with Crippen LogP contribution in [0.2, 0.25) is 0 Å². The fraction of sp³-hybridized carbons (Fsp3) is 0.0938. The standard InChI is InChI=1S/C32H27N3O4/c36-31(29-21-35-20-25(15-18-30(35)33-29)12-11-23-7-3-1-4-8-23)34-28(32(37)38)19-24-13-16-27(17-14-24)39-22-26-9-5-2-6-10-26/h1-18,20-21,28H,19,22H2,(H,34,36)(H,37,38)/b12-11+/t28-/m0/s1. The first-order valence-electron chi connectivity index (χ1n) is 12.5. The van der Waals surface area contributed by atoms with E-state index in [1.807, 2.05) is 91.1 Å². The number of carboxylic acids is 1. The van der Waals surface area contributed by atoms with Crippen LogP contribution in [0.4, 0.5) is 0 Å². The van der Waals surface area contributed by atoms with Crippen LogP contribution in [0.3, 0.4) is 0 Å². The van der Waals surface area contributed by atoms with Crippen molar-refractivity contribution in [1.29, 1.82) is 0 Å². The highest BCUT2D eigenvalue weighted by Crippen LogP contribution is 2.16. The number of benzene rings is 3. The van der Waals surface area contributed by atoms with Gasteiger partial charge in [0.25, 0.3) is 5.91 Å². The third-order valence-electron chi connectivity index (χ3n) is 6.19. The third-order valence-corrected chi connectivity index (χ3v) is 6.19. The lowest BCUT2D eigenvalue weighted by atomic mass is 10.1. The minimum Gasteiger partial charge on any atom is -0.489 e. The lowest BCUT2D eigenvalue weighted by Gasteiger charge is -2.14. The van der Waals surface area contributed by atoms with Gasteiger partial charge in [-0.3, -0.25) is 4.79 Å². The van der Waals surface area contributed by atoms with Gasteiger partial charge in [0.05, 0.1) is 0 Å². The summed E-state index contributed by atoms with van der Waals surface area (Å²) in [6, 6.07) is 29.6. The summed E-state index contributed by atoms with van der Waals surface area (Å²) in [6.45, 7) is 0.442. The number of ether oxygens (including phenoxy) is 1. The van der Waals surface area contributed by atoms with Crippen molar-refractivity contribution in [3.63, 3.8) is 0 Å². The predicted octanol–water partition coefficient (Wildman–Crippen LogP) is 5.51. The second-order valence-electron chi connectivity index (χ2n) is 9.08. The number of rotatable bonds is 10. The van der Waals surface area contributed by atoms with Gasteiger partial charge in [-0.15, -0.1) is 0 Å². The number of nitrogens with one attached hydrogen (secondary N) is 1. The number of fused-ring (bicyclic) bond motifs is 1. The first-order valence-corrected chi connectivity index (χ1v) is 12.5. The average Bonchev–Trinajstić information content (AvgIpc) is 3.40. The molecule has 2 heterocycles. The second-order valence-corrected chi connectivity index (χ2v) is 9.08. The minimum absolute atomic E-state index is 0.127. The van der Waals surface area contributed by atoms with Crippen LogP contribution in [0.5, 0.6) is 5.75 Å². The quantitative estimate of drug-likeness (QED) is 0.255. The number of aliphatic carboxylic acids is 1. The highest BCUT2D eigenvalue weighted by Gasteiger charge is 2.22. The molecule has 1 amide bonds. The average molecular weight is 518 g/mol. The molecule has 5 rings (SSSR count). The number of hydrogen-bond acceptors (Lipinski definition) is 4. The Morgan fingerprint density at radius 2 is 1.51 bits per heavy atom. The summed E-state index contributed by atoms with van der Waals surface area (Å²) in [5.74, 6) is -0.985. The number of carbonyl (C=O) groups is 2. The van der Waals surface area contributed by atoms with Crippen molar-refractivity contribution >= 4 is 29.7 Å². The third kappa shape index (κ3) is 6.78. The summed E-state index contributed by atoms with van der Waals surface area (Å²) >= 11 is 0. The van der Waals surface area contributed by atoms with Gasteiger partial charge in [-0.25, -0.2) is 9.78 Å². The number of pyridine rings is 1. The largest absolute Gasteiger partial charge is 0.489 e. The lowest BCUT2D eigenvalue weighted by molar-refractivity contribution is -0.139. The van der Waals surface area contributed by atoms with E-state index >= 15 is 0 Å². The monoisotopic (exact) mass is 517 g/mol. The van der Waals surface area contributed by atoms with Crippen LogP contribution < -0.4 is 10.1 Å². The first-order chi connectivity index (χ1) is 19.0. The van der Waals surface area contributed by atoms with Crippen molar-refractivity contribution in [3.8, 4) is 5.75 Å². The second kappa shape index (κ2) is 11.9. The Balaban J connectivity index is 1.22. The van der Waals surface area contributed by atoms with Crippen LogP contribution in [0, 0.1) is 0 Å². The van der Waals surface area contributed by atoms with Gasteiger partial charge in [0.1, 0.15) is 29.7 Å². The number of hydrogen-bond donors (Lipinski definition) is 2. The maximum absolute atomic E-state index is 12.9. The molecule has 0 saturated carbocycles. The summed E-state index contributed by atoms with van der Waals surface area (Å²) in [5.41, 5.74) is 4.58. The van der Waals surface area contributed by atoms with Gasteiger partial charge in [0.15, 0.2) is 0 Å². The van der Waals surface area contributed by atoms with Crippen molar-refractivity contribution in [2.45, 2.75) is 19.1 Å². The SMILES string of the molecule is O=C(N[C@@H](Cc1ccc(OCc2ccccc2)cc1)C(=O)O)c1cn2cc(/C=C/c3ccccc3)ccc2n1. The zero-order chi connectivity index (χ0) is 27.0. The number of imidazole rings is 1. The molecule has 7 heteroatoms. The number of nitrogens with zero attached hydrogens (tertiary/aromatic N) is 2. The molecule has 0 aliphatic rings. The molecule has 0 bridgehead atoms. The molecular formula is C32H27N3O4. The number of amides is 1. The summed E-state index contributed by atoms with van der Waals surface area (Å²) in [5, 5.41) is 12.4. The molecule has 2 aromatic heterocycles. The minimum atomic E-state index is -1.12. The Kier molecular flexibility index (Phi) is 7.79. The van der Waals surface area contributed by atoms with E-state index in [0.717, 1.165) is 22.3 Å². The van der Waals surface area contributed by atoms with Crippen molar-refractivity contribution in [2.24, 2.45) is 0 Å². The van der Waals surface area contributed by atoms with Gasteiger partial charge in [-0.2, -0.15) is 0 Å². The van der Waals surface area contributed by atoms with Crippen molar-refractivity contribution in [3.05, 3.63) is 137 Å². The molecule has 2 N–H and O–H groups in total. The smallest absolute Gasteiger partial charge is 0.326 e. The van der Waals surface area contributed by atoms with Crippen molar-refractivity contribution in [2.75, 3.05) is 0 Å². The molecule has 1 atom stereocenters. The van der Waals surface area contributed by atoms with Gasteiger partial charge >= 0.3 is 5.97 Å². The van der Waals surface area contributed by atoms with Gasteiger partial charge in [0, 0.05) is 18.8 Å². The molecule has 0 aliphatic carbocycles. The van der Waals surface area contributed by atoms with Gasteiger partial charge in [-0.05, 0) is 46.5 Å². The maximum Gasteiger partial charge on any atom is 0.326 e. The summed E-state index contributed by atoms with van der Waals surface area (Å²) in [4.78, 5) is 29.2. The van der Waals surface area contributed by atoms with Crippen LogP contribution in [0.1, 0.15) is 32.7 Å². The number of carbonyl (C=O) groups excluding carboxylic acids is 1. The number of carboxylic acid groups (broad SMARTS) is 1.